The van der Waals surface area contributed by atoms with Gasteiger partial charge in [0.2, 0.25) is 5.91 Å². The Morgan fingerprint density at radius 1 is 1.23 bits per heavy atom. The van der Waals surface area contributed by atoms with Crippen LogP contribution in [0.3, 0.4) is 0 Å². The van der Waals surface area contributed by atoms with E-state index in [0.717, 1.165) is 22.0 Å². The van der Waals surface area contributed by atoms with E-state index in [4.69, 9.17) is 4.74 Å². The average molecular weight is 418 g/mol. The predicted octanol–water partition coefficient (Wildman–Crippen LogP) is 2.27. The topological polar surface area (TPSA) is 106 Å². The molecule has 0 saturated carbocycles. The van der Waals surface area contributed by atoms with Gasteiger partial charge in [0.15, 0.2) is 0 Å². The van der Waals surface area contributed by atoms with Gasteiger partial charge in [-0.15, -0.1) is 0 Å². The summed E-state index contributed by atoms with van der Waals surface area (Å²) in [7, 11) is 0. The Kier molecular flexibility index (Phi) is 5.53. The van der Waals surface area contributed by atoms with Crippen LogP contribution < -0.4 is 10.9 Å². The number of rotatable bonds is 6. The van der Waals surface area contributed by atoms with Crippen molar-refractivity contribution in [2.45, 2.75) is 32.9 Å². The fraction of sp³-hybridized carbons (Fsp3) is 0.217. The number of nitrogens with one attached hydrogen (secondary N) is 2. The summed E-state index contributed by atoms with van der Waals surface area (Å²) < 4.78 is 6.85. The number of aromatic amines is 1. The molecule has 4 aromatic rings. The molecule has 8 heteroatoms. The minimum absolute atomic E-state index is 0.164. The zero-order valence-corrected chi connectivity index (χ0v) is 17.2. The molecule has 158 valence electrons. The number of hydrogen-bond acceptors (Lipinski definition) is 5. The second kappa shape index (κ2) is 8.43. The number of hydrogen-bond donors (Lipinski definition) is 2. The Bertz CT molecular complexity index is 1340. The van der Waals surface area contributed by atoms with Gasteiger partial charge in [-0.1, -0.05) is 24.3 Å². The van der Waals surface area contributed by atoms with E-state index in [1.165, 1.54) is 17.4 Å². The SMILES string of the molecule is CC(=O)N[C@@H](Cc1c[nH]c2ccccc12)C(=O)OCc1cc(=O)n2cc(C)ccc2n1. The van der Waals surface area contributed by atoms with Crippen LogP contribution in [0.5, 0.6) is 0 Å². The van der Waals surface area contributed by atoms with Gasteiger partial charge in [-0.05, 0) is 30.2 Å². The zero-order chi connectivity index (χ0) is 22.0. The summed E-state index contributed by atoms with van der Waals surface area (Å²) in [5, 5.41) is 3.63. The molecule has 0 aliphatic heterocycles. The van der Waals surface area contributed by atoms with Crippen molar-refractivity contribution in [3.63, 3.8) is 0 Å². The second-order valence-electron chi connectivity index (χ2n) is 7.44. The van der Waals surface area contributed by atoms with E-state index >= 15 is 0 Å². The fourth-order valence-corrected chi connectivity index (χ4v) is 3.54. The van der Waals surface area contributed by atoms with Crippen molar-refractivity contribution in [2.75, 3.05) is 0 Å². The molecular formula is C23H22N4O4. The van der Waals surface area contributed by atoms with Gasteiger partial charge in [0.25, 0.3) is 5.56 Å². The van der Waals surface area contributed by atoms with Crippen molar-refractivity contribution < 1.29 is 14.3 Å². The van der Waals surface area contributed by atoms with Gasteiger partial charge >= 0.3 is 5.97 Å². The van der Waals surface area contributed by atoms with Gasteiger partial charge in [0.05, 0.1) is 5.69 Å². The Morgan fingerprint density at radius 3 is 2.84 bits per heavy atom. The van der Waals surface area contributed by atoms with Gasteiger partial charge < -0.3 is 15.0 Å². The first-order chi connectivity index (χ1) is 14.9. The molecule has 0 fully saturated rings. The van der Waals surface area contributed by atoms with E-state index in [1.807, 2.05) is 43.5 Å². The summed E-state index contributed by atoms with van der Waals surface area (Å²) in [6.07, 6.45) is 3.80. The normalized spacial score (nSPS) is 12.1. The number of carbonyl (C=O) groups is 2. The third-order valence-electron chi connectivity index (χ3n) is 4.98. The van der Waals surface area contributed by atoms with E-state index in [9.17, 15) is 14.4 Å². The molecule has 0 radical (unpaired) electrons. The van der Waals surface area contributed by atoms with Gasteiger partial charge in [-0.2, -0.15) is 0 Å². The lowest BCUT2D eigenvalue weighted by Crippen LogP contribution is -2.42. The highest BCUT2D eigenvalue weighted by molar-refractivity contribution is 5.86. The molecule has 31 heavy (non-hydrogen) atoms. The number of para-hydroxylation sites is 1. The first kappa shape index (κ1) is 20.3. The number of aryl methyl sites for hydroxylation is 1. The van der Waals surface area contributed by atoms with Gasteiger partial charge in [-0.3, -0.25) is 14.0 Å². The Labute approximate surface area is 177 Å². The summed E-state index contributed by atoms with van der Waals surface area (Å²) >= 11 is 0. The molecule has 3 aromatic heterocycles. The van der Waals surface area contributed by atoms with Crippen LogP contribution in [0.1, 0.15) is 23.7 Å². The number of benzene rings is 1. The van der Waals surface area contributed by atoms with E-state index in [1.54, 1.807) is 12.3 Å². The van der Waals surface area contributed by atoms with Crippen molar-refractivity contribution >= 4 is 28.4 Å². The maximum Gasteiger partial charge on any atom is 0.329 e. The van der Waals surface area contributed by atoms with Crippen molar-refractivity contribution in [2.24, 2.45) is 0 Å². The molecule has 0 aliphatic rings. The molecule has 0 unspecified atom stereocenters. The average Bonchev–Trinajstić information content (AvgIpc) is 3.15. The van der Waals surface area contributed by atoms with E-state index < -0.39 is 12.0 Å². The molecule has 0 aliphatic carbocycles. The third kappa shape index (κ3) is 4.48. The van der Waals surface area contributed by atoms with E-state index in [0.29, 0.717) is 11.3 Å². The number of pyridine rings is 1. The van der Waals surface area contributed by atoms with Crippen molar-refractivity contribution in [1.82, 2.24) is 19.7 Å². The van der Waals surface area contributed by atoms with E-state index in [-0.39, 0.29) is 24.5 Å². The number of nitrogens with zero attached hydrogens (tertiary/aromatic N) is 2. The summed E-state index contributed by atoms with van der Waals surface area (Å²) in [4.78, 5) is 44.3. The van der Waals surface area contributed by atoms with E-state index in [2.05, 4.69) is 15.3 Å². The van der Waals surface area contributed by atoms with Crippen LogP contribution in [-0.2, 0) is 27.4 Å². The predicted molar refractivity (Wildman–Crippen MR) is 116 cm³/mol. The maximum atomic E-state index is 12.7. The van der Waals surface area contributed by atoms with Crippen LogP contribution in [0.25, 0.3) is 16.6 Å². The monoisotopic (exact) mass is 418 g/mol. The number of esters is 1. The van der Waals surface area contributed by atoms with Crippen LogP contribution in [0.2, 0.25) is 0 Å². The summed E-state index contributed by atoms with van der Waals surface area (Å²) in [6.45, 7) is 3.07. The van der Waals surface area contributed by atoms with Crippen molar-refractivity contribution in [3.8, 4) is 0 Å². The molecule has 4 rings (SSSR count). The molecule has 1 atom stereocenters. The first-order valence-electron chi connectivity index (χ1n) is 9.88. The highest BCUT2D eigenvalue weighted by Gasteiger charge is 2.23. The molecule has 8 nitrogen and oxygen atoms in total. The highest BCUT2D eigenvalue weighted by atomic mass is 16.5. The number of fused-ring (bicyclic) bond motifs is 2. The molecule has 0 bridgehead atoms. The Hall–Kier alpha value is -3.94. The Morgan fingerprint density at radius 2 is 2.03 bits per heavy atom. The van der Waals surface area contributed by atoms with Crippen LogP contribution >= 0.6 is 0 Å². The zero-order valence-electron chi connectivity index (χ0n) is 17.2. The number of H-pyrrole nitrogens is 1. The molecule has 2 N–H and O–H groups in total. The lowest BCUT2D eigenvalue weighted by molar-refractivity contribution is -0.149. The minimum Gasteiger partial charge on any atom is -0.458 e. The number of amides is 1. The smallest absolute Gasteiger partial charge is 0.329 e. The largest absolute Gasteiger partial charge is 0.458 e. The van der Waals surface area contributed by atoms with Gasteiger partial charge in [0.1, 0.15) is 18.3 Å². The molecule has 0 saturated heterocycles. The molecular weight excluding hydrogens is 396 g/mol. The highest BCUT2D eigenvalue weighted by Crippen LogP contribution is 2.19. The quantitative estimate of drug-likeness (QED) is 0.468. The van der Waals surface area contributed by atoms with Gasteiger partial charge in [-0.25, -0.2) is 9.78 Å². The van der Waals surface area contributed by atoms with Crippen molar-refractivity contribution in [3.05, 3.63) is 82.0 Å². The summed E-state index contributed by atoms with van der Waals surface area (Å²) in [5.74, 6) is -0.925. The number of ether oxygens (including phenoxy) is 1. The molecule has 0 spiro atoms. The number of carbonyl (C=O) groups excluding carboxylic acids is 2. The fourth-order valence-electron chi connectivity index (χ4n) is 3.54. The molecule has 3 heterocycles. The van der Waals surface area contributed by atoms with Crippen molar-refractivity contribution in [1.29, 1.82) is 0 Å². The van der Waals surface area contributed by atoms with Crippen LogP contribution in [0.15, 0.2) is 59.7 Å². The summed E-state index contributed by atoms with van der Waals surface area (Å²) in [6, 6.07) is 11.8. The van der Waals surface area contributed by atoms with Crippen LogP contribution in [-0.4, -0.2) is 32.3 Å². The molecule has 1 aromatic carbocycles. The number of aromatic nitrogens is 3. The standard InChI is InChI=1S/C23H22N4O4/c1-14-7-8-21-26-17(10-22(29)27(21)12-14)13-31-23(30)20(25-15(2)28)9-16-11-24-19-6-4-3-5-18(16)19/h3-8,10-12,20,24H,9,13H2,1-2H3,(H,25,28)/t20-/m0/s1. The lowest BCUT2D eigenvalue weighted by Gasteiger charge is -2.16. The lowest BCUT2D eigenvalue weighted by atomic mass is 10.0. The Balaban J connectivity index is 1.51. The van der Waals surface area contributed by atoms with Gasteiger partial charge in [0, 0.05) is 42.7 Å². The van der Waals surface area contributed by atoms with Crippen LogP contribution in [0, 0.1) is 6.92 Å². The second-order valence-corrected chi connectivity index (χ2v) is 7.44. The first-order valence-corrected chi connectivity index (χ1v) is 9.88. The van der Waals surface area contributed by atoms with Crippen LogP contribution in [0.4, 0.5) is 0 Å². The minimum atomic E-state index is -0.860. The third-order valence-corrected chi connectivity index (χ3v) is 4.98. The molecule has 1 amide bonds. The summed E-state index contributed by atoms with van der Waals surface area (Å²) in [5.41, 5.74) is 3.34. The maximum absolute atomic E-state index is 12.7.